The number of halogens is 2. The molecule has 2 nitrogen and oxygen atoms in total. The molecule has 0 atom stereocenters. The van der Waals surface area contributed by atoms with Crippen LogP contribution in [0.1, 0.15) is 22.8 Å². The lowest BCUT2D eigenvalue weighted by Gasteiger charge is -2.11. The summed E-state index contributed by atoms with van der Waals surface area (Å²) in [7, 11) is 1.48. The molecule has 0 saturated heterocycles. The van der Waals surface area contributed by atoms with Crippen molar-refractivity contribution in [1.29, 1.82) is 0 Å². The Hall–Kier alpha value is -1.45. The van der Waals surface area contributed by atoms with Gasteiger partial charge >= 0.3 is 5.92 Å². The fourth-order valence-corrected chi connectivity index (χ4v) is 1.25. The average molecular weight is 214 g/mol. The van der Waals surface area contributed by atoms with Crippen LogP contribution >= 0.6 is 0 Å². The number of carbonyl (C=O) groups excluding carboxylic acids is 1. The van der Waals surface area contributed by atoms with Gasteiger partial charge in [0.1, 0.15) is 5.75 Å². The Bertz CT molecular complexity index is 381. The van der Waals surface area contributed by atoms with E-state index in [-0.39, 0.29) is 5.56 Å². The van der Waals surface area contributed by atoms with Crippen molar-refractivity contribution in [2.75, 3.05) is 7.11 Å². The highest BCUT2D eigenvalue weighted by molar-refractivity contribution is 6.02. The number of aryl methyl sites for hydroxylation is 1. The van der Waals surface area contributed by atoms with Crippen molar-refractivity contribution in [3.8, 4) is 5.75 Å². The van der Waals surface area contributed by atoms with Crippen molar-refractivity contribution in [2.45, 2.75) is 19.8 Å². The van der Waals surface area contributed by atoms with Crippen LogP contribution in [-0.4, -0.2) is 18.8 Å². The van der Waals surface area contributed by atoms with E-state index in [4.69, 9.17) is 4.74 Å². The van der Waals surface area contributed by atoms with Crippen molar-refractivity contribution in [3.05, 3.63) is 29.3 Å². The highest BCUT2D eigenvalue weighted by atomic mass is 19.3. The summed E-state index contributed by atoms with van der Waals surface area (Å²) in [4.78, 5) is 11.3. The van der Waals surface area contributed by atoms with Crippen molar-refractivity contribution < 1.29 is 18.3 Å². The van der Waals surface area contributed by atoms with E-state index in [1.807, 2.05) is 0 Å². The van der Waals surface area contributed by atoms with Crippen LogP contribution in [0.5, 0.6) is 5.75 Å². The Balaban J connectivity index is 3.12. The van der Waals surface area contributed by atoms with E-state index in [2.05, 4.69) is 0 Å². The first kappa shape index (κ1) is 11.6. The summed E-state index contributed by atoms with van der Waals surface area (Å²) >= 11 is 0. The molecule has 0 spiro atoms. The van der Waals surface area contributed by atoms with Gasteiger partial charge in [-0.05, 0) is 30.7 Å². The van der Waals surface area contributed by atoms with Gasteiger partial charge in [-0.15, -0.1) is 0 Å². The maximum Gasteiger partial charge on any atom is 0.307 e. The van der Waals surface area contributed by atoms with Gasteiger partial charge in [0.2, 0.25) is 5.78 Å². The molecular formula is C11H12F2O2. The second-order valence-electron chi connectivity index (χ2n) is 3.40. The van der Waals surface area contributed by atoms with E-state index < -0.39 is 11.7 Å². The lowest BCUT2D eigenvalue weighted by Crippen LogP contribution is -2.25. The minimum Gasteiger partial charge on any atom is -0.497 e. The number of hydrogen-bond donors (Lipinski definition) is 0. The normalized spacial score (nSPS) is 11.3. The highest BCUT2D eigenvalue weighted by Gasteiger charge is 2.33. The predicted molar refractivity (Wildman–Crippen MR) is 52.7 cm³/mol. The van der Waals surface area contributed by atoms with E-state index >= 15 is 0 Å². The quantitative estimate of drug-likeness (QED) is 0.723. The fourth-order valence-electron chi connectivity index (χ4n) is 1.25. The van der Waals surface area contributed by atoms with Crippen LogP contribution in [0.2, 0.25) is 0 Å². The molecule has 0 aromatic heterocycles. The van der Waals surface area contributed by atoms with E-state index in [9.17, 15) is 13.6 Å². The smallest absolute Gasteiger partial charge is 0.307 e. The van der Waals surface area contributed by atoms with Crippen molar-refractivity contribution in [3.63, 3.8) is 0 Å². The van der Waals surface area contributed by atoms with Crippen LogP contribution in [0, 0.1) is 6.92 Å². The van der Waals surface area contributed by atoms with Crippen molar-refractivity contribution in [2.24, 2.45) is 0 Å². The molecule has 0 heterocycles. The minimum absolute atomic E-state index is 0.0308. The van der Waals surface area contributed by atoms with E-state index in [0.717, 1.165) is 0 Å². The maximum absolute atomic E-state index is 12.8. The Morgan fingerprint density at radius 1 is 1.40 bits per heavy atom. The molecule has 0 unspecified atom stereocenters. The van der Waals surface area contributed by atoms with Gasteiger partial charge < -0.3 is 4.74 Å². The van der Waals surface area contributed by atoms with Crippen molar-refractivity contribution >= 4 is 5.78 Å². The lowest BCUT2D eigenvalue weighted by molar-refractivity contribution is 0.0221. The number of ketones is 1. The largest absolute Gasteiger partial charge is 0.497 e. The molecule has 0 aliphatic heterocycles. The van der Waals surface area contributed by atoms with Gasteiger partial charge in [0.05, 0.1) is 7.11 Å². The number of benzene rings is 1. The summed E-state index contributed by atoms with van der Waals surface area (Å²) in [6.07, 6.45) is 0. The maximum atomic E-state index is 12.8. The second kappa shape index (κ2) is 3.96. The number of methoxy groups -OCH3 is 1. The molecule has 15 heavy (non-hydrogen) atoms. The average Bonchev–Trinajstić information content (AvgIpc) is 2.15. The number of ether oxygens (including phenoxy) is 1. The summed E-state index contributed by atoms with van der Waals surface area (Å²) < 4.78 is 30.5. The Morgan fingerprint density at radius 2 is 2.00 bits per heavy atom. The number of rotatable bonds is 3. The van der Waals surface area contributed by atoms with Crippen LogP contribution in [-0.2, 0) is 0 Å². The van der Waals surface area contributed by atoms with E-state index in [1.54, 1.807) is 13.0 Å². The minimum atomic E-state index is -3.33. The first-order valence-electron chi connectivity index (χ1n) is 4.43. The van der Waals surface area contributed by atoms with E-state index in [0.29, 0.717) is 18.2 Å². The molecule has 0 aliphatic carbocycles. The molecule has 0 amide bonds. The molecule has 1 aromatic rings. The van der Waals surface area contributed by atoms with Crippen LogP contribution in [0.3, 0.4) is 0 Å². The monoisotopic (exact) mass is 214 g/mol. The SMILES string of the molecule is COc1ccc(C(=O)C(C)(F)F)c(C)c1. The summed E-state index contributed by atoms with van der Waals surface area (Å²) in [5.41, 5.74) is 0.518. The molecule has 1 rings (SSSR count). The zero-order chi connectivity index (χ0) is 11.6. The Labute approximate surface area is 86.9 Å². The molecule has 0 N–H and O–H groups in total. The standard InChI is InChI=1S/C11H12F2O2/c1-7-6-8(15-3)4-5-9(7)10(14)11(2,12)13/h4-6H,1-3H3. The third-order valence-electron chi connectivity index (χ3n) is 2.08. The summed E-state index contributed by atoms with van der Waals surface area (Å²) in [6.45, 7) is 2.19. The lowest BCUT2D eigenvalue weighted by atomic mass is 10.0. The number of carbonyl (C=O) groups is 1. The van der Waals surface area contributed by atoms with Gasteiger partial charge in [-0.25, -0.2) is 0 Å². The van der Waals surface area contributed by atoms with Gasteiger partial charge in [-0.1, -0.05) is 0 Å². The van der Waals surface area contributed by atoms with E-state index in [1.165, 1.54) is 19.2 Å². The molecular weight excluding hydrogens is 202 g/mol. The molecule has 0 radical (unpaired) electrons. The first-order valence-corrected chi connectivity index (χ1v) is 4.43. The van der Waals surface area contributed by atoms with Gasteiger partial charge in [0, 0.05) is 12.5 Å². The third kappa shape index (κ3) is 2.52. The molecule has 1 aromatic carbocycles. The predicted octanol–water partition coefficient (Wildman–Crippen LogP) is 2.84. The van der Waals surface area contributed by atoms with Crippen molar-refractivity contribution in [1.82, 2.24) is 0 Å². The van der Waals surface area contributed by atoms with Crippen LogP contribution in [0.4, 0.5) is 8.78 Å². The molecule has 0 saturated carbocycles. The zero-order valence-electron chi connectivity index (χ0n) is 8.80. The molecule has 0 bridgehead atoms. The summed E-state index contributed by atoms with van der Waals surface area (Å²) in [5, 5.41) is 0. The first-order chi connectivity index (χ1) is 6.86. The van der Waals surface area contributed by atoms with Gasteiger partial charge in [-0.3, -0.25) is 4.79 Å². The second-order valence-corrected chi connectivity index (χ2v) is 3.40. The number of alkyl halides is 2. The molecule has 4 heteroatoms. The topological polar surface area (TPSA) is 26.3 Å². The fraction of sp³-hybridized carbons (Fsp3) is 0.364. The third-order valence-corrected chi connectivity index (χ3v) is 2.08. The number of Topliss-reactive ketones (excluding diaryl/α,β-unsaturated/α-hetero) is 1. The highest BCUT2D eigenvalue weighted by Crippen LogP contribution is 2.24. The Morgan fingerprint density at radius 3 is 2.40 bits per heavy atom. The zero-order valence-corrected chi connectivity index (χ0v) is 8.80. The molecule has 82 valence electrons. The van der Waals surface area contributed by atoms with Gasteiger partial charge in [0.15, 0.2) is 0 Å². The Kier molecular flexibility index (Phi) is 3.07. The summed E-state index contributed by atoms with van der Waals surface area (Å²) in [6, 6.07) is 4.40. The molecule has 0 aliphatic rings. The molecule has 0 fully saturated rings. The van der Waals surface area contributed by atoms with Gasteiger partial charge in [-0.2, -0.15) is 8.78 Å². The van der Waals surface area contributed by atoms with Crippen LogP contribution in [0.25, 0.3) is 0 Å². The van der Waals surface area contributed by atoms with Gasteiger partial charge in [0.25, 0.3) is 0 Å². The van der Waals surface area contributed by atoms with Crippen LogP contribution in [0.15, 0.2) is 18.2 Å². The summed E-state index contributed by atoms with van der Waals surface area (Å²) in [5.74, 6) is -3.95. The number of hydrogen-bond acceptors (Lipinski definition) is 2. The van der Waals surface area contributed by atoms with Crippen LogP contribution < -0.4 is 4.74 Å².